The van der Waals surface area contributed by atoms with Crippen LogP contribution in [0.5, 0.6) is 0 Å². The third-order valence-electron chi connectivity index (χ3n) is 3.34. The molecule has 2 unspecified atom stereocenters. The molecule has 7 heteroatoms. The zero-order chi connectivity index (χ0) is 13.8. The smallest absolute Gasteiger partial charge is 0.321 e. The van der Waals surface area contributed by atoms with Crippen LogP contribution in [0.25, 0.3) is 0 Å². The number of carbonyl (C=O) groups excluding carboxylic acids is 1. The molecule has 1 saturated carbocycles. The first kappa shape index (κ1) is 13.8. The van der Waals surface area contributed by atoms with Crippen LogP contribution >= 0.6 is 11.3 Å². The van der Waals surface area contributed by atoms with Gasteiger partial charge in [-0.25, -0.2) is 9.78 Å². The third-order valence-corrected chi connectivity index (χ3v) is 4.22. The monoisotopic (exact) mass is 283 g/mol. The first-order valence-corrected chi connectivity index (χ1v) is 7.14. The van der Waals surface area contributed by atoms with Gasteiger partial charge in [-0.3, -0.25) is 10.1 Å². The van der Waals surface area contributed by atoms with Gasteiger partial charge in [0, 0.05) is 11.9 Å². The van der Waals surface area contributed by atoms with Gasteiger partial charge in [-0.05, 0) is 25.7 Å². The maximum absolute atomic E-state index is 11.7. The van der Waals surface area contributed by atoms with Gasteiger partial charge in [-0.15, -0.1) is 11.3 Å². The molecule has 1 aromatic heterocycles. The summed E-state index contributed by atoms with van der Waals surface area (Å²) in [6, 6.07) is -0.328. The van der Waals surface area contributed by atoms with Gasteiger partial charge in [-0.2, -0.15) is 0 Å². The molecular weight excluding hydrogens is 266 g/mol. The number of rotatable bonds is 4. The first-order valence-electron chi connectivity index (χ1n) is 6.26. The zero-order valence-corrected chi connectivity index (χ0v) is 11.5. The lowest BCUT2D eigenvalue weighted by atomic mass is 9.96. The van der Waals surface area contributed by atoms with Gasteiger partial charge in [0.25, 0.3) is 0 Å². The highest BCUT2D eigenvalue weighted by Crippen LogP contribution is 2.31. The molecule has 2 atom stereocenters. The number of carboxylic acids is 1. The number of aryl methyl sites for hydroxylation is 1. The van der Waals surface area contributed by atoms with E-state index < -0.39 is 5.97 Å². The van der Waals surface area contributed by atoms with Crippen LogP contribution in [0.1, 0.15) is 25.0 Å². The van der Waals surface area contributed by atoms with Crippen molar-refractivity contribution >= 4 is 28.5 Å². The molecule has 0 radical (unpaired) electrons. The van der Waals surface area contributed by atoms with Crippen molar-refractivity contribution in [2.75, 3.05) is 11.9 Å². The van der Waals surface area contributed by atoms with Gasteiger partial charge in [0.1, 0.15) is 0 Å². The number of amides is 2. The van der Waals surface area contributed by atoms with Gasteiger partial charge in [0.15, 0.2) is 5.13 Å². The maximum atomic E-state index is 11.7. The Balaban J connectivity index is 1.78. The van der Waals surface area contributed by atoms with Crippen molar-refractivity contribution in [2.24, 2.45) is 11.8 Å². The molecule has 104 valence electrons. The van der Waals surface area contributed by atoms with Crippen LogP contribution in [-0.2, 0) is 4.79 Å². The summed E-state index contributed by atoms with van der Waals surface area (Å²) in [7, 11) is 0. The summed E-state index contributed by atoms with van der Waals surface area (Å²) in [4.78, 5) is 26.8. The quantitative estimate of drug-likeness (QED) is 0.789. The largest absolute Gasteiger partial charge is 0.481 e. The Labute approximate surface area is 115 Å². The van der Waals surface area contributed by atoms with E-state index in [0.717, 1.165) is 18.5 Å². The summed E-state index contributed by atoms with van der Waals surface area (Å²) in [6.07, 6.45) is 2.47. The number of carboxylic acid groups (broad SMARTS) is 1. The van der Waals surface area contributed by atoms with Gasteiger partial charge in [0.05, 0.1) is 11.6 Å². The minimum atomic E-state index is -0.764. The van der Waals surface area contributed by atoms with E-state index >= 15 is 0 Å². The SMILES string of the molecule is Cc1csc(NC(=O)NCC2CCCC2C(=O)O)n1. The Morgan fingerprint density at radius 2 is 2.32 bits per heavy atom. The van der Waals surface area contributed by atoms with Gasteiger partial charge < -0.3 is 10.4 Å². The van der Waals surface area contributed by atoms with Crippen molar-refractivity contribution in [3.63, 3.8) is 0 Å². The molecule has 1 aromatic rings. The predicted molar refractivity (Wildman–Crippen MR) is 72.3 cm³/mol. The van der Waals surface area contributed by atoms with Gasteiger partial charge in [-0.1, -0.05) is 6.42 Å². The van der Waals surface area contributed by atoms with E-state index in [9.17, 15) is 9.59 Å². The highest BCUT2D eigenvalue weighted by atomic mass is 32.1. The van der Waals surface area contributed by atoms with E-state index in [1.54, 1.807) is 0 Å². The second kappa shape index (κ2) is 6.01. The van der Waals surface area contributed by atoms with E-state index in [1.165, 1.54) is 11.3 Å². The lowest BCUT2D eigenvalue weighted by Gasteiger charge is -2.16. The van der Waals surface area contributed by atoms with Crippen molar-refractivity contribution in [1.29, 1.82) is 0 Å². The van der Waals surface area contributed by atoms with Crippen molar-refractivity contribution in [3.8, 4) is 0 Å². The van der Waals surface area contributed by atoms with E-state index in [-0.39, 0.29) is 17.9 Å². The fourth-order valence-electron chi connectivity index (χ4n) is 2.38. The van der Waals surface area contributed by atoms with E-state index in [0.29, 0.717) is 18.1 Å². The minimum absolute atomic E-state index is 0.0290. The molecule has 2 rings (SSSR count). The predicted octanol–water partition coefficient (Wildman–Crippen LogP) is 2.07. The van der Waals surface area contributed by atoms with Crippen LogP contribution in [0.3, 0.4) is 0 Å². The second-order valence-electron chi connectivity index (χ2n) is 4.76. The number of thiazole rings is 1. The van der Waals surface area contributed by atoms with E-state index in [2.05, 4.69) is 15.6 Å². The van der Waals surface area contributed by atoms with E-state index in [1.807, 2.05) is 12.3 Å². The topological polar surface area (TPSA) is 91.3 Å². The molecule has 1 aliphatic carbocycles. The number of aliphatic carboxylic acids is 1. The third kappa shape index (κ3) is 3.66. The Hall–Kier alpha value is -1.63. The molecule has 1 aliphatic rings. The number of nitrogens with one attached hydrogen (secondary N) is 2. The average molecular weight is 283 g/mol. The lowest BCUT2D eigenvalue weighted by molar-refractivity contribution is -0.142. The molecule has 19 heavy (non-hydrogen) atoms. The second-order valence-corrected chi connectivity index (χ2v) is 5.62. The highest BCUT2D eigenvalue weighted by Gasteiger charge is 2.32. The molecule has 1 heterocycles. The average Bonchev–Trinajstić information content (AvgIpc) is 2.95. The Morgan fingerprint density at radius 3 is 2.95 bits per heavy atom. The van der Waals surface area contributed by atoms with Crippen molar-refractivity contribution < 1.29 is 14.7 Å². The molecule has 0 aliphatic heterocycles. The van der Waals surface area contributed by atoms with Gasteiger partial charge >= 0.3 is 12.0 Å². The number of anilines is 1. The number of aromatic nitrogens is 1. The Morgan fingerprint density at radius 1 is 1.53 bits per heavy atom. The molecule has 6 nitrogen and oxygen atoms in total. The normalized spacial score (nSPS) is 22.2. The van der Waals surface area contributed by atoms with Crippen LogP contribution in [0.15, 0.2) is 5.38 Å². The summed E-state index contributed by atoms with van der Waals surface area (Å²) in [5.41, 5.74) is 0.863. The molecular formula is C12H17N3O3S. The Kier molecular flexibility index (Phi) is 4.36. The van der Waals surface area contributed by atoms with E-state index in [4.69, 9.17) is 5.11 Å². The zero-order valence-electron chi connectivity index (χ0n) is 10.7. The Bertz CT molecular complexity index is 475. The number of hydrogen-bond donors (Lipinski definition) is 3. The number of nitrogens with zero attached hydrogens (tertiary/aromatic N) is 1. The van der Waals surface area contributed by atoms with Crippen LogP contribution in [0.2, 0.25) is 0 Å². The van der Waals surface area contributed by atoms with Crippen molar-refractivity contribution in [2.45, 2.75) is 26.2 Å². The molecule has 0 aromatic carbocycles. The van der Waals surface area contributed by atoms with Crippen LogP contribution in [-0.4, -0.2) is 28.6 Å². The minimum Gasteiger partial charge on any atom is -0.481 e. The van der Waals surface area contributed by atoms with Gasteiger partial charge in [0.2, 0.25) is 0 Å². The first-order chi connectivity index (χ1) is 9.06. The van der Waals surface area contributed by atoms with Crippen LogP contribution in [0.4, 0.5) is 9.93 Å². The standard InChI is InChI=1S/C12H17N3O3S/c1-7-6-19-12(14-7)15-11(18)13-5-8-3-2-4-9(8)10(16)17/h6,8-9H,2-5H2,1H3,(H,16,17)(H2,13,14,15,18). The van der Waals surface area contributed by atoms with Crippen LogP contribution < -0.4 is 10.6 Å². The molecule has 3 N–H and O–H groups in total. The maximum Gasteiger partial charge on any atom is 0.321 e. The molecule has 0 bridgehead atoms. The number of carbonyl (C=O) groups is 2. The van der Waals surface area contributed by atoms with Crippen LogP contribution in [0, 0.1) is 18.8 Å². The summed E-state index contributed by atoms with van der Waals surface area (Å²) in [5.74, 6) is -1.07. The fraction of sp³-hybridized carbons (Fsp3) is 0.583. The van der Waals surface area contributed by atoms with Crippen molar-refractivity contribution in [3.05, 3.63) is 11.1 Å². The highest BCUT2D eigenvalue weighted by molar-refractivity contribution is 7.13. The number of hydrogen-bond acceptors (Lipinski definition) is 4. The fourth-order valence-corrected chi connectivity index (χ4v) is 3.07. The molecule has 2 amide bonds. The summed E-state index contributed by atoms with van der Waals surface area (Å²) in [5, 5.41) is 16.8. The lowest BCUT2D eigenvalue weighted by Crippen LogP contribution is -2.35. The number of urea groups is 1. The van der Waals surface area contributed by atoms with Crippen molar-refractivity contribution in [1.82, 2.24) is 10.3 Å². The summed E-state index contributed by atoms with van der Waals surface area (Å²) < 4.78 is 0. The molecule has 1 fully saturated rings. The summed E-state index contributed by atoms with van der Waals surface area (Å²) in [6.45, 7) is 2.25. The molecule has 0 spiro atoms. The summed E-state index contributed by atoms with van der Waals surface area (Å²) >= 11 is 1.36. The molecule has 0 saturated heterocycles.